The molecule has 0 fully saturated rings. The smallest absolute Gasteiger partial charge is 0.351 e. The lowest BCUT2D eigenvalue weighted by atomic mass is 10.2. The molecule has 0 atom stereocenters. The summed E-state index contributed by atoms with van der Waals surface area (Å²) in [5, 5.41) is 6.42. The van der Waals surface area contributed by atoms with Crippen molar-refractivity contribution >= 4 is 11.6 Å². The zero-order chi connectivity index (χ0) is 21.1. The van der Waals surface area contributed by atoms with Crippen molar-refractivity contribution in [2.45, 2.75) is 0 Å². The fraction of sp³-hybridized carbons (Fsp3) is 0.158. The molecule has 0 bridgehead atoms. The Bertz CT molecular complexity index is 1180. The molecule has 1 amide bonds. The van der Waals surface area contributed by atoms with E-state index < -0.39 is 28.7 Å². The molecule has 1 aromatic heterocycles. The fourth-order valence-corrected chi connectivity index (χ4v) is 2.57. The minimum atomic E-state index is -0.869. The molecule has 0 unspecified atom stereocenters. The highest BCUT2D eigenvalue weighted by Crippen LogP contribution is 2.29. The molecular formula is C19H17FN4O5. The Morgan fingerprint density at radius 2 is 1.69 bits per heavy atom. The number of methoxy groups -OCH3 is 2. The van der Waals surface area contributed by atoms with Crippen molar-refractivity contribution in [3.63, 3.8) is 0 Å². The molecule has 0 saturated heterocycles. The molecule has 0 aliphatic heterocycles. The van der Waals surface area contributed by atoms with Crippen LogP contribution in [0.15, 0.2) is 52.1 Å². The van der Waals surface area contributed by atoms with Gasteiger partial charge in [0.25, 0.3) is 11.5 Å². The van der Waals surface area contributed by atoms with E-state index in [-0.39, 0.29) is 5.69 Å². The zero-order valence-electron chi connectivity index (χ0n) is 15.8. The first kappa shape index (κ1) is 19.8. The van der Waals surface area contributed by atoms with Crippen LogP contribution in [0.3, 0.4) is 0 Å². The van der Waals surface area contributed by atoms with E-state index in [1.54, 1.807) is 12.1 Å². The standard InChI is InChI=1S/C19H17FN4O5/c1-23-18(26)16(22-24(19(23)27)13-7-4-11(20)5-8-13)17(25)21-12-6-9-14(28-2)15(10-12)29-3/h4-10H,1-3H3,(H,21,25). The van der Waals surface area contributed by atoms with Gasteiger partial charge < -0.3 is 14.8 Å². The molecule has 29 heavy (non-hydrogen) atoms. The van der Waals surface area contributed by atoms with Gasteiger partial charge >= 0.3 is 5.69 Å². The van der Waals surface area contributed by atoms with Crippen LogP contribution in [0.25, 0.3) is 5.69 Å². The molecule has 2 aromatic carbocycles. The number of carbonyl (C=O) groups is 1. The lowest BCUT2D eigenvalue weighted by Crippen LogP contribution is -2.43. The van der Waals surface area contributed by atoms with Crippen molar-refractivity contribution in [2.24, 2.45) is 7.05 Å². The number of ether oxygens (including phenoxy) is 2. The predicted molar refractivity (Wildman–Crippen MR) is 103 cm³/mol. The third-order valence-corrected chi connectivity index (χ3v) is 4.10. The van der Waals surface area contributed by atoms with Crippen LogP contribution in [0.2, 0.25) is 0 Å². The third-order valence-electron chi connectivity index (χ3n) is 4.10. The van der Waals surface area contributed by atoms with E-state index in [0.717, 1.165) is 21.4 Å². The highest BCUT2D eigenvalue weighted by Gasteiger charge is 2.19. The van der Waals surface area contributed by atoms with Crippen LogP contribution in [0.4, 0.5) is 10.1 Å². The topological polar surface area (TPSA) is 104 Å². The average molecular weight is 400 g/mol. The Morgan fingerprint density at radius 1 is 1.03 bits per heavy atom. The number of amides is 1. The van der Waals surface area contributed by atoms with Crippen molar-refractivity contribution in [1.29, 1.82) is 0 Å². The second-order valence-electron chi connectivity index (χ2n) is 5.91. The van der Waals surface area contributed by atoms with Gasteiger partial charge in [-0.25, -0.2) is 9.18 Å². The average Bonchev–Trinajstić information content (AvgIpc) is 2.73. The number of aromatic nitrogens is 3. The van der Waals surface area contributed by atoms with Gasteiger partial charge in [-0.2, -0.15) is 9.78 Å². The number of nitrogens with one attached hydrogen (secondary N) is 1. The van der Waals surface area contributed by atoms with Gasteiger partial charge in [-0.15, -0.1) is 0 Å². The van der Waals surface area contributed by atoms with E-state index >= 15 is 0 Å². The van der Waals surface area contributed by atoms with Gasteiger partial charge in [0.2, 0.25) is 5.69 Å². The molecule has 10 heteroatoms. The number of halogens is 1. The van der Waals surface area contributed by atoms with Crippen LogP contribution in [0, 0.1) is 5.82 Å². The Hall–Kier alpha value is -3.95. The summed E-state index contributed by atoms with van der Waals surface area (Å²) < 4.78 is 25.1. The molecule has 0 radical (unpaired) electrons. The first-order valence-corrected chi connectivity index (χ1v) is 8.35. The summed E-state index contributed by atoms with van der Waals surface area (Å²) >= 11 is 0. The van der Waals surface area contributed by atoms with Crippen LogP contribution in [-0.4, -0.2) is 34.5 Å². The predicted octanol–water partition coefficient (Wildman–Crippen LogP) is 1.34. The van der Waals surface area contributed by atoms with Crippen molar-refractivity contribution in [3.8, 4) is 17.2 Å². The van der Waals surface area contributed by atoms with Crippen LogP contribution >= 0.6 is 0 Å². The number of hydrogen-bond donors (Lipinski definition) is 1. The van der Waals surface area contributed by atoms with Crippen molar-refractivity contribution in [1.82, 2.24) is 14.3 Å². The molecule has 9 nitrogen and oxygen atoms in total. The molecule has 150 valence electrons. The Kier molecular flexibility index (Phi) is 5.44. The number of hydrogen-bond acceptors (Lipinski definition) is 6. The number of anilines is 1. The van der Waals surface area contributed by atoms with Crippen LogP contribution in [-0.2, 0) is 7.05 Å². The highest BCUT2D eigenvalue weighted by molar-refractivity contribution is 6.02. The summed E-state index contributed by atoms with van der Waals surface area (Å²) in [6, 6.07) is 9.54. The highest BCUT2D eigenvalue weighted by atomic mass is 19.1. The molecule has 0 saturated carbocycles. The summed E-state index contributed by atoms with van der Waals surface area (Å²) in [6.07, 6.45) is 0. The van der Waals surface area contributed by atoms with Gasteiger partial charge in [0.1, 0.15) is 5.82 Å². The molecule has 0 spiro atoms. The fourth-order valence-electron chi connectivity index (χ4n) is 2.57. The summed E-state index contributed by atoms with van der Waals surface area (Å²) in [5.74, 6) is -0.487. The van der Waals surface area contributed by atoms with Crippen molar-refractivity contribution in [3.05, 3.63) is 74.8 Å². The van der Waals surface area contributed by atoms with Crippen molar-refractivity contribution < 1.29 is 18.7 Å². The summed E-state index contributed by atoms with van der Waals surface area (Å²) in [4.78, 5) is 37.4. The lowest BCUT2D eigenvalue weighted by molar-refractivity contribution is 0.101. The number of carbonyl (C=O) groups excluding carboxylic acids is 1. The van der Waals surface area contributed by atoms with Crippen LogP contribution in [0.5, 0.6) is 11.5 Å². The summed E-state index contributed by atoms with van der Waals surface area (Å²) in [7, 11) is 4.14. The molecule has 0 aliphatic carbocycles. The number of benzene rings is 2. The monoisotopic (exact) mass is 400 g/mol. The van der Waals surface area contributed by atoms with E-state index in [4.69, 9.17) is 9.47 Å². The first-order valence-electron chi connectivity index (χ1n) is 8.35. The SMILES string of the molecule is COc1ccc(NC(=O)c2nn(-c3ccc(F)cc3)c(=O)n(C)c2=O)cc1OC. The molecular weight excluding hydrogens is 383 g/mol. The molecule has 1 N–H and O–H groups in total. The normalized spacial score (nSPS) is 10.5. The summed E-state index contributed by atoms with van der Waals surface area (Å²) in [6.45, 7) is 0. The van der Waals surface area contributed by atoms with Gasteiger partial charge in [0, 0.05) is 18.8 Å². The quantitative estimate of drug-likeness (QED) is 0.693. The van der Waals surface area contributed by atoms with Gasteiger partial charge in [0.05, 0.1) is 19.9 Å². The third kappa shape index (κ3) is 3.86. The lowest BCUT2D eigenvalue weighted by Gasteiger charge is -2.11. The van der Waals surface area contributed by atoms with Crippen LogP contribution < -0.4 is 26.0 Å². The first-order chi connectivity index (χ1) is 13.8. The second-order valence-corrected chi connectivity index (χ2v) is 5.91. The van der Waals surface area contributed by atoms with Crippen molar-refractivity contribution in [2.75, 3.05) is 19.5 Å². The minimum Gasteiger partial charge on any atom is -0.493 e. The maximum Gasteiger partial charge on any atom is 0.351 e. The zero-order valence-corrected chi connectivity index (χ0v) is 15.8. The van der Waals surface area contributed by atoms with E-state index in [2.05, 4.69) is 10.4 Å². The number of rotatable bonds is 5. The van der Waals surface area contributed by atoms with Gasteiger partial charge in [-0.05, 0) is 36.4 Å². The van der Waals surface area contributed by atoms with Gasteiger partial charge in [-0.3, -0.25) is 14.2 Å². The van der Waals surface area contributed by atoms with Gasteiger partial charge in [-0.1, -0.05) is 0 Å². The molecule has 0 aliphatic rings. The second kappa shape index (κ2) is 7.97. The maximum atomic E-state index is 13.2. The Balaban J connectivity index is 2.02. The number of nitrogens with zero attached hydrogens (tertiary/aromatic N) is 3. The Morgan fingerprint density at radius 3 is 2.31 bits per heavy atom. The van der Waals surface area contributed by atoms with Gasteiger partial charge in [0.15, 0.2) is 11.5 Å². The van der Waals surface area contributed by atoms with E-state index in [0.29, 0.717) is 17.2 Å². The van der Waals surface area contributed by atoms with E-state index in [9.17, 15) is 18.8 Å². The maximum absolute atomic E-state index is 13.2. The largest absolute Gasteiger partial charge is 0.493 e. The van der Waals surface area contributed by atoms with Crippen LogP contribution in [0.1, 0.15) is 10.5 Å². The summed E-state index contributed by atoms with van der Waals surface area (Å²) in [5.41, 5.74) is -1.62. The van der Waals surface area contributed by atoms with E-state index in [1.807, 2.05) is 0 Å². The molecule has 3 rings (SSSR count). The Labute approximate surface area is 163 Å². The minimum absolute atomic E-state index is 0.201. The van der Waals surface area contributed by atoms with E-state index in [1.165, 1.54) is 39.5 Å². The molecule has 3 aromatic rings. The molecule has 1 heterocycles.